The van der Waals surface area contributed by atoms with Crippen LogP contribution >= 0.6 is 0 Å². The van der Waals surface area contributed by atoms with E-state index in [1.807, 2.05) is 16.8 Å². The Morgan fingerprint density at radius 3 is 3.08 bits per heavy atom. The zero-order valence-corrected chi connectivity index (χ0v) is 7.28. The predicted molar refractivity (Wildman–Crippen MR) is 47.1 cm³/mol. The monoisotopic (exact) mass is 161 g/mol. The summed E-state index contributed by atoms with van der Waals surface area (Å²) >= 11 is 0. The van der Waals surface area contributed by atoms with Gasteiger partial charge in [0.25, 0.3) is 0 Å². The van der Waals surface area contributed by atoms with Crippen LogP contribution < -0.4 is 0 Å². The molecule has 3 heteroatoms. The Hall–Kier alpha value is -1.38. The molecule has 0 saturated heterocycles. The van der Waals surface area contributed by atoms with Crippen molar-refractivity contribution in [2.75, 3.05) is 0 Å². The van der Waals surface area contributed by atoms with E-state index in [1.165, 1.54) is 11.3 Å². The largest absolute Gasteiger partial charge is 0.237 e. The van der Waals surface area contributed by atoms with Gasteiger partial charge in [0.2, 0.25) is 0 Å². The number of nitrogens with zero attached hydrogens (tertiary/aromatic N) is 3. The lowest BCUT2D eigenvalue weighted by Gasteiger charge is -2.03. The summed E-state index contributed by atoms with van der Waals surface area (Å²) in [5.74, 6) is 0. The van der Waals surface area contributed by atoms with Crippen LogP contribution in [0.2, 0.25) is 0 Å². The van der Waals surface area contributed by atoms with Gasteiger partial charge in [-0.2, -0.15) is 5.10 Å². The van der Waals surface area contributed by atoms with Gasteiger partial charge in [0.15, 0.2) is 5.65 Å². The van der Waals surface area contributed by atoms with E-state index < -0.39 is 0 Å². The van der Waals surface area contributed by atoms with E-state index in [9.17, 15) is 0 Å². The molecule has 0 atom stereocenters. The molecule has 2 aromatic heterocycles. The second-order valence-corrected chi connectivity index (χ2v) is 2.84. The Labute approximate surface area is 71.1 Å². The molecule has 3 nitrogen and oxygen atoms in total. The molecule has 2 heterocycles. The van der Waals surface area contributed by atoms with E-state index in [0.29, 0.717) is 0 Å². The van der Waals surface area contributed by atoms with Crippen molar-refractivity contribution in [2.45, 2.75) is 20.3 Å². The molecule has 0 N–H and O–H groups in total. The molecule has 0 saturated carbocycles. The van der Waals surface area contributed by atoms with Crippen molar-refractivity contribution in [2.24, 2.45) is 0 Å². The van der Waals surface area contributed by atoms with E-state index in [-0.39, 0.29) is 0 Å². The quantitative estimate of drug-likeness (QED) is 0.636. The highest BCUT2D eigenvalue weighted by atomic mass is 15.2. The van der Waals surface area contributed by atoms with Gasteiger partial charge in [-0.15, -0.1) is 0 Å². The highest BCUT2D eigenvalue weighted by Crippen LogP contribution is 2.08. The Balaban J connectivity index is 2.83. The van der Waals surface area contributed by atoms with Crippen LogP contribution in [-0.4, -0.2) is 14.6 Å². The minimum Gasteiger partial charge on any atom is -0.237 e. The first kappa shape index (κ1) is 7.28. The first-order valence-electron chi connectivity index (χ1n) is 4.11. The Morgan fingerprint density at radius 1 is 1.50 bits per heavy atom. The Bertz CT molecular complexity index is 403. The van der Waals surface area contributed by atoms with Crippen LogP contribution in [0.3, 0.4) is 0 Å². The van der Waals surface area contributed by atoms with Gasteiger partial charge in [-0.3, -0.25) is 0 Å². The summed E-state index contributed by atoms with van der Waals surface area (Å²) in [6.07, 6.45) is 4.67. The summed E-state index contributed by atoms with van der Waals surface area (Å²) in [4.78, 5) is 4.25. The van der Waals surface area contributed by atoms with Crippen molar-refractivity contribution < 1.29 is 0 Å². The molecule has 0 aliphatic heterocycles. The molecule has 0 bridgehead atoms. The van der Waals surface area contributed by atoms with Crippen molar-refractivity contribution in [1.29, 1.82) is 0 Å². The average molecular weight is 161 g/mol. The standard InChI is InChI=1S/C9H11N3/c1-3-8-7(2)6-10-9-4-5-11-12(8)9/h4-6H,3H2,1-2H3. The molecular formula is C9H11N3. The predicted octanol–water partition coefficient (Wildman–Crippen LogP) is 1.60. The van der Waals surface area contributed by atoms with Gasteiger partial charge in [-0.05, 0) is 18.9 Å². The smallest absolute Gasteiger partial charge is 0.155 e. The minimum absolute atomic E-state index is 0.928. The number of aromatic nitrogens is 3. The third-order valence-corrected chi connectivity index (χ3v) is 2.06. The number of aryl methyl sites for hydroxylation is 2. The molecule has 2 rings (SSSR count). The molecular weight excluding hydrogens is 150 g/mol. The van der Waals surface area contributed by atoms with Gasteiger partial charge in [-0.1, -0.05) is 6.92 Å². The van der Waals surface area contributed by atoms with Gasteiger partial charge in [0.05, 0.1) is 6.20 Å². The van der Waals surface area contributed by atoms with Gasteiger partial charge in [-0.25, -0.2) is 9.50 Å². The van der Waals surface area contributed by atoms with Gasteiger partial charge in [0, 0.05) is 18.0 Å². The number of fused-ring (bicyclic) bond motifs is 1. The summed E-state index contributed by atoms with van der Waals surface area (Å²) in [7, 11) is 0. The second-order valence-electron chi connectivity index (χ2n) is 2.84. The van der Waals surface area contributed by atoms with Crippen LogP contribution in [0.25, 0.3) is 5.65 Å². The summed E-state index contributed by atoms with van der Waals surface area (Å²) in [6, 6.07) is 1.92. The van der Waals surface area contributed by atoms with Gasteiger partial charge >= 0.3 is 0 Å². The molecule has 2 aromatic rings. The van der Waals surface area contributed by atoms with Crippen LogP contribution in [0.5, 0.6) is 0 Å². The second kappa shape index (κ2) is 2.59. The van der Waals surface area contributed by atoms with E-state index in [0.717, 1.165) is 12.1 Å². The third kappa shape index (κ3) is 0.897. The first-order valence-corrected chi connectivity index (χ1v) is 4.11. The maximum atomic E-state index is 4.25. The highest BCUT2D eigenvalue weighted by Gasteiger charge is 2.02. The molecule has 0 aromatic carbocycles. The molecule has 0 aliphatic carbocycles. The van der Waals surface area contributed by atoms with Crippen LogP contribution in [0, 0.1) is 6.92 Å². The van der Waals surface area contributed by atoms with Gasteiger partial charge < -0.3 is 0 Å². The fraction of sp³-hybridized carbons (Fsp3) is 0.333. The van der Waals surface area contributed by atoms with E-state index in [2.05, 4.69) is 23.9 Å². The molecule has 0 unspecified atom stereocenters. The minimum atomic E-state index is 0.928. The number of hydrogen-bond donors (Lipinski definition) is 0. The molecule has 0 radical (unpaired) electrons. The number of hydrogen-bond acceptors (Lipinski definition) is 2. The summed E-state index contributed by atoms with van der Waals surface area (Å²) in [5.41, 5.74) is 3.37. The van der Waals surface area contributed by atoms with E-state index in [4.69, 9.17) is 0 Å². The van der Waals surface area contributed by atoms with E-state index in [1.54, 1.807) is 6.20 Å². The molecule has 0 amide bonds. The van der Waals surface area contributed by atoms with Crippen molar-refractivity contribution in [1.82, 2.24) is 14.6 Å². The normalized spacial score (nSPS) is 10.8. The number of rotatable bonds is 1. The maximum absolute atomic E-state index is 4.25. The molecule has 62 valence electrons. The summed E-state index contributed by atoms with van der Waals surface area (Å²) < 4.78 is 1.90. The van der Waals surface area contributed by atoms with Crippen LogP contribution in [0.4, 0.5) is 0 Å². The summed E-state index contributed by atoms with van der Waals surface area (Å²) in [6.45, 7) is 4.19. The van der Waals surface area contributed by atoms with Crippen molar-refractivity contribution >= 4 is 5.65 Å². The molecule has 12 heavy (non-hydrogen) atoms. The molecule has 0 fully saturated rings. The van der Waals surface area contributed by atoms with Crippen molar-refractivity contribution in [3.63, 3.8) is 0 Å². The molecule has 0 spiro atoms. The Morgan fingerprint density at radius 2 is 2.33 bits per heavy atom. The van der Waals surface area contributed by atoms with Crippen LogP contribution in [-0.2, 0) is 6.42 Å². The van der Waals surface area contributed by atoms with Gasteiger partial charge in [0.1, 0.15) is 0 Å². The zero-order chi connectivity index (χ0) is 8.55. The molecule has 0 aliphatic rings. The maximum Gasteiger partial charge on any atom is 0.155 e. The van der Waals surface area contributed by atoms with E-state index >= 15 is 0 Å². The topological polar surface area (TPSA) is 30.2 Å². The fourth-order valence-corrected chi connectivity index (χ4v) is 1.44. The summed E-state index contributed by atoms with van der Waals surface area (Å²) in [5, 5.41) is 4.20. The zero-order valence-electron chi connectivity index (χ0n) is 7.28. The lowest BCUT2D eigenvalue weighted by Crippen LogP contribution is -2.01. The third-order valence-electron chi connectivity index (χ3n) is 2.06. The Kier molecular flexibility index (Phi) is 1.57. The lowest BCUT2D eigenvalue weighted by molar-refractivity contribution is 0.835. The van der Waals surface area contributed by atoms with Crippen molar-refractivity contribution in [3.05, 3.63) is 29.7 Å². The fourth-order valence-electron chi connectivity index (χ4n) is 1.44. The van der Waals surface area contributed by atoms with Crippen molar-refractivity contribution in [3.8, 4) is 0 Å². The first-order chi connectivity index (χ1) is 5.83. The van der Waals surface area contributed by atoms with Crippen LogP contribution in [0.1, 0.15) is 18.2 Å². The highest BCUT2D eigenvalue weighted by molar-refractivity contribution is 5.39. The average Bonchev–Trinajstić information content (AvgIpc) is 2.52. The SMILES string of the molecule is CCc1c(C)cnc2ccnn12. The van der Waals surface area contributed by atoms with Crippen LogP contribution in [0.15, 0.2) is 18.5 Å². The lowest BCUT2D eigenvalue weighted by atomic mass is 10.2.